The molecule has 0 bridgehead atoms. The van der Waals surface area contributed by atoms with E-state index in [-0.39, 0.29) is 10.9 Å². The summed E-state index contributed by atoms with van der Waals surface area (Å²) in [6, 6.07) is 8.58. The highest BCUT2D eigenvalue weighted by Gasteiger charge is 2.22. The van der Waals surface area contributed by atoms with Crippen LogP contribution in [-0.2, 0) is 10.0 Å². The summed E-state index contributed by atoms with van der Waals surface area (Å²) in [4.78, 5) is 0.286. The summed E-state index contributed by atoms with van der Waals surface area (Å²) < 4.78 is 32.5. The van der Waals surface area contributed by atoms with Gasteiger partial charge in [-0.3, -0.25) is 0 Å². The van der Waals surface area contributed by atoms with Crippen LogP contribution in [0.4, 0.5) is 0 Å². The lowest BCUT2D eigenvalue weighted by molar-refractivity contribution is 0.427. The fourth-order valence-corrected chi connectivity index (χ4v) is 3.93. The van der Waals surface area contributed by atoms with E-state index in [1.807, 2.05) is 13.0 Å². The van der Waals surface area contributed by atoms with Crippen LogP contribution in [0, 0.1) is 6.92 Å². The third kappa shape index (κ3) is 3.16. The van der Waals surface area contributed by atoms with E-state index in [0.717, 1.165) is 36.9 Å². The Labute approximate surface area is 124 Å². The molecule has 1 N–H and O–H groups in total. The second-order valence-corrected chi connectivity index (χ2v) is 7.17. The van der Waals surface area contributed by atoms with Gasteiger partial charge in [0.1, 0.15) is 0 Å². The van der Waals surface area contributed by atoms with Crippen molar-refractivity contribution in [1.82, 2.24) is 9.88 Å². The molecule has 112 valence electrons. The fraction of sp³-hybridized carbons (Fsp3) is 0.400. The van der Waals surface area contributed by atoms with E-state index in [0.29, 0.717) is 5.76 Å². The number of benzene rings is 1. The highest BCUT2D eigenvalue weighted by Crippen LogP contribution is 2.23. The molecule has 1 aromatic carbocycles. The first-order valence-electron chi connectivity index (χ1n) is 7.11. The molecule has 6 heteroatoms. The predicted octanol–water partition coefficient (Wildman–Crippen LogP) is 2.87. The third-order valence-electron chi connectivity index (χ3n) is 3.75. The van der Waals surface area contributed by atoms with Crippen LogP contribution in [0.5, 0.6) is 0 Å². The lowest BCUT2D eigenvalue weighted by atomic mass is 10.2. The second kappa shape index (κ2) is 5.61. The Balaban J connectivity index is 1.79. The van der Waals surface area contributed by atoms with Gasteiger partial charge in [0.05, 0.1) is 10.6 Å². The van der Waals surface area contributed by atoms with E-state index in [9.17, 15) is 8.42 Å². The average Bonchev–Trinajstić information content (AvgIpc) is 3.10. The van der Waals surface area contributed by atoms with E-state index in [1.54, 1.807) is 24.3 Å². The number of rotatable bonds is 4. The smallest absolute Gasteiger partial charge is 0.240 e. The van der Waals surface area contributed by atoms with Crippen molar-refractivity contribution in [2.45, 2.75) is 43.5 Å². The van der Waals surface area contributed by atoms with Gasteiger partial charge in [-0.25, -0.2) is 13.1 Å². The normalized spacial score (nSPS) is 16.4. The summed E-state index contributed by atoms with van der Waals surface area (Å²) in [6.45, 7) is 1.84. The van der Waals surface area contributed by atoms with Crippen molar-refractivity contribution < 1.29 is 12.9 Å². The highest BCUT2D eigenvalue weighted by atomic mass is 32.2. The Kier molecular flexibility index (Phi) is 3.82. The predicted molar refractivity (Wildman–Crippen MR) is 79.3 cm³/mol. The molecular formula is C15H18N2O3S. The zero-order chi connectivity index (χ0) is 14.9. The fourth-order valence-electron chi connectivity index (χ4n) is 2.63. The number of hydrogen-bond acceptors (Lipinski definition) is 4. The van der Waals surface area contributed by atoms with Crippen molar-refractivity contribution in [3.05, 3.63) is 36.0 Å². The Morgan fingerprint density at radius 1 is 1.19 bits per heavy atom. The van der Waals surface area contributed by atoms with Gasteiger partial charge in [0.25, 0.3) is 0 Å². The molecule has 1 aromatic heterocycles. The van der Waals surface area contributed by atoms with E-state index in [2.05, 4.69) is 9.88 Å². The minimum absolute atomic E-state index is 0.0756. The molecule has 0 unspecified atom stereocenters. The molecule has 5 nitrogen and oxygen atoms in total. The topological polar surface area (TPSA) is 72.2 Å². The van der Waals surface area contributed by atoms with Crippen LogP contribution >= 0.6 is 0 Å². The average molecular weight is 306 g/mol. The van der Waals surface area contributed by atoms with Gasteiger partial charge in [0.15, 0.2) is 5.76 Å². The first-order valence-corrected chi connectivity index (χ1v) is 8.59. The molecule has 3 rings (SSSR count). The molecule has 1 heterocycles. The molecule has 1 saturated carbocycles. The van der Waals surface area contributed by atoms with Gasteiger partial charge in [-0.1, -0.05) is 18.0 Å². The van der Waals surface area contributed by atoms with E-state index >= 15 is 0 Å². The first-order chi connectivity index (χ1) is 10.0. The number of hydrogen-bond donors (Lipinski definition) is 1. The van der Waals surface area contributed by atoms with Crippen molar-refractivity contribution in [2.75, 3.05) is 0 Å². The second-order valence-electron chi connectivity index (χ2n) is 5.46. The number of aryl methyl sites for hydroxylation is 1. The van der Waals surface area contributed by atoms with Gasteiger partial charge in [-0.15, -0.1) is 0 Å². The lowest BCUT2D eigenvalue weighted by Crippen LogP contribution is -2.32. The van der Waals surface area contributed by atoms with Crippen LogP contribution in [0.2, 0.25) is 0 Å². The van der Waals surface area contributed by atoms with Crippen molar-refractivity contribution in [3.8, 4) is 11.3 Å². The number of nitrogens with zero attached hydrogens (tertiary/aromatic N) is 1. The van der Waals surface area contributed by atoms with E-state index in [4.69, 9.17) is 4.52 Å². The number of aromatic nitrogens is 1. The van der Waals surface area contributed by atoms with Crippen LogP contribution in [0.1, 0.15) is 31.4 Å². The Bertz CT molecular complexity index is 714. The SMILES string of the molecule is Cc1cc(-c2ccc(S(=O)(=O)NC3CCCC3)cc2)on1. The summed E-state index contributed by atoms with van der Waals surface area (Å²) in [5.41, 5.74) is 1.61. The Morgan fingerprint density at radius 3 is 2.43 bits per heavy atom. The minimum Gasteiger partial charge on any atom is -0.356 e. The largest absolute Gasteiger partial charge is 0.356 e. The van der Waals surface area contributed by atoms with Crippen molar-refractivity contribution >= 4 is 10.0 Å². The van der Waals surface area contributed by atoms with E-state index < -0.39 is 10.0 Å². The molecule has 2 aromatic rings. The Morgan fingerprint density at radius 2 is 1.86 bits per heavy atom. The minimum atomic E-state index is -3.43. The van der Waals surface area contributed by atoms with Gasteiger partial charge in [0, 0.05) is 17.7 Å². The monoisotopic (exact) mass is 306 g/mol. The number of nitrogens with one attached hydrogen (secondary N) is 1. The van der Waals surface area contributed by atoms with Gasteiger partial charge < -0.3 is 4.52 Å². The summed E-state index contributed by atoms with van der Waals surface area (Å²) >= 11 is 0. The van der Waals surface area contributed by atoms with Gasteiger partial charge in [-0.2, -0.15) is 0 Å². The summed E-state index contributed by atoms with van der Waals surface area (Å²) in [5.74, 6) is 0.639. The molecule has 1 aliphatic carbocycles. The van der Waals surface area contributed by atoms with Crippen molar-refractivity contribution in [3.63, 3.8) is 0 Å². The van der Waals surface area contributed by atoms with Crippen LogP contribution < -0.4 is 4.72 Å². The van der Waals surface area contributed by atoms with Gasteiger partial charge >= 0.3 is 0 Å². The van der Waals surface area contributed by atoms with E-state index in [1.165, 1.54) is 0 Å². The molecule has 0 amide bonds. The van der Waals surface area contributed by atoms with Gasteiger partial charge in [0.2, 0.25) is 10.0 Å². The number of sulfonamides is 1. The molecular weight excluding hydrogens is 288 g/mol. The summed E-state index contributed by atoms with van der Waals surface area (Å²) in [6.07, 6.45) is 4.04. The molecule has 0 aliphatic heterocycles. The molecule has 0 atom stereocenters. The third-order valence-corrected chi connectivity index (χ3v) is 5.29. The molecule has 21 heavy (non-hydrogen) atoms. The standard InChI is InChI=1S/C15H18N2O3S/c1-11-10-15(20-16-11)12-6-8-14(9-7-12)21(18,19)17-13-4-2-3-5-13/h6-10,13,17H,2-5H2,1H3. The Hall–Kier alpha value is -1.66. The summed E-state index contributed by atoms with van der Waals surface area (Å²) in [7, 11) is -3.43. The zero-order valence-electron chi connectivity index (χ0n) is 11.9. The van der Waals surface area contributed by atoms with Crippen molar-refractivity contribution in [1.29, 1.82) is 0 Å². The van der Waals surface area contributed by atoms with Crippen molar-refractivity contribution in [2.24, 2.45) is 0 Å². The van der Waals surface area contributed by atoms with Crippen LogP contribution in [0.15, 0.2) is 39.8 Å². The van der Waals surface area contributed by atoms with Crippen LogP contribution in [0.3, 0.4) is 0 Å². The maximum Gasteiger partial charge on any atom is 0.240 e. The quantitative estimate of drug-likeness (QED) is 0.942. The molecule has 1 fully saturated rings. The molecule has 0 saturated heterocycles. The molecule has 0 radical (unpaired) electrons. The van der Waals surface area contributed by atoms with Gasteiger partial charge in [-0.05, 0) is 44.0 Å². The lowest BCUT2D eigenvalue weighted by Gasteiger charge is -2.12. The zero-order valence-corrected chi connectivity index (χ0v) is 12.7. The van der Waals surface area contributed by atoms with Crippen LogP contribution in [0.25, 0.3) is 11.3 Å². The van der Waals surface area contributed by atoms with Crippen LogP contribution in [-0.4, -0.2) is 19.6 Å². The first kappa shape index (κ1) is 14.3. The molecule has 0 spiro atoms. The maximum absolute atomic E-state index is 12.3. The molecule has 1 aliphatic rings. The summed E-state index contributed by atoms with van der Waals surface area (Å²) in [5, 5.41) is 3.83. The maximum atomic E-state index is 12.3. The highest BCUT2D eigenvalue weighted by molar-refractivity contribution is 7.89.